The Kier molecular flexibility index (Phi) is 6.87. The quantitative estimate of drug-likeness (QED) is 0.709. The Hall–Kier alpha value is -2.49. The van der Waals surface area contributed by atoms with Crippen molar-refractivity contribution in [1.82, 2.24) is 0 Å². The van der Waals surface area contributed by atoms with E-state index in [2.05, 4.69) is 13.8 Å². The summed E-state index contributed by atoms with van der Waals surface area (Å²) in [6.07, 6.45) is 0.653. The lowest BCUT2D eigenvalue weighted by atomic mass is 9.90. The first-order valence-corrected chi connectivity index (χ1v) is 8.67. The van der Waals surface area contributed by atoms with Crippen LogP contribution in [-0.4, -0.2) is 17.7 Å². The van der Waals surface area contributed by atoms with E-state index in [1.54, 1.807) is 19.1 Å². The Morgan fingerprint density at radius 3 is 2.48 bits per heavy atom. The van der Waals surface area contributed by atoms with Crippen molar-refractivity contribution in [2.45, 2.75) is 39.7 Å². The number of rotatable bonds is 8. The molecule has 0 saturated heterocycles. The fraction of sp³-hybridized carbons (Fsp3) is 0.381. The molecular weight excluding hydrogens is 316 g/mol. The molecular formula is C21H26O4. The predicted molar refractivity (Wildman–Crippen MR) is 97.7 cm³/mol. The summed E-state index contributed by atoms with van der Waals surface area (Å²) in [7, 11) is 0. The summed E-state index contributed by atoms with van der Waals surface area (Å²) in [5.41, 5.74) is 1.76. The van der Waals surface area contributed by atoms with Crippen molar-refractivity contribution >= 4 is 5.97 Å². The van der Waals surface area contributed by atoms with Crippen molar-refractivity contribution in [3.8, 4) is 11.5 Å². The fourth-order valence-corrected chi connectivity index (χ4v) is 2.71. The first kappa shape index (κ1) is 18.8. The highest BCUT2D eigenvalue weighted by atomic mass is 16.5. The number of carbonyl (C=O) groups excluding carboxylic acids is 1. The molecule has 4 nitrogen and oxygen atoms in total. The average Bonchev–Trinajstić information content (AvgIpc) is 2.58. The van der Waals surface area contributed by atoms with Crippen LogP contribution in [-0.2, 0) is 16.1 Å². The molecule has 0 aromatic heterocycles. The van der Waals surface area contributed by atoms with Gasteiger partial charge in [-0.25, -0.2) is 0 Å². The van der Waals surface area contributed by atoms with Crippen LogP contribution in [0.4, 0.5) is 0 Å². The van der Waals surface area contributed by atoms with Crippen LogP contribution in [0.3, 0.4) is 0 Å². The van der Waals surface area contributed by atoms with Gasteiger partial charge in [0, 0.05) is 6.07 Å². The van der Waals surface area contributed by atoms with E-state index in [0.29, 0.717) is 31.3 Å². The Labute approximate surface area is 149 Å². The molecule has 2 aromatic carbocycles. The minimum absolute atomic E-state index is 0.0821. The van der Waals surface area contributed by atoms with E-state index in [1.807, 2.05) is 36.4 Å². The van der Waals surface area contributed by atoms with Crippen molar-refractivity contribution in [3.05, 3.63) is 59.7 Å². The summed E-state index contributed by atoms with van der Waals surface area (Å²) in [6, 6.07) is 14.8. The van der Waals surface area contributed by atoms with Gasteiger partial charge in [-0.15, -0.1) is 0 Å². The van der Waals surface area contributed by atoms with E-state index in [4.69, 9.17) is 9.47 Å². The van der Waals surface area contributed by atoms with Crippen LogP contribution in [0.15, 0.2) is 48.5 Å². The normalized spacial score (nSPS) is 12.0. The molecule has 0 radical (unpaired) electrons. The van der Waals surface area contributed by atoms with Gasteiger partial charge in [0.15, 0.2) is 0 Å². The fourth-order valence-electron chi connectivity index (χ4n) is 2.71. The first-order valence-electron chi connectivity index (χ1n) is 8.67. The zero-order valence-electron chi connectivity index (χ0n) is 15.1. The van der Waals surface area contributed by atoms with Gasteiger partial charge in [-0.05, 0) is 42.5 Å². The average molecular weight is 342 g/mol. The maximum atomic E-state index is 12.3. The Morgan fingerprint density at radius 2 is 1.84 bits per heavy atom. The highest BCUT2D eigenvalue weighted by Crippen LogP contribution is 2.32. The zero-order valence-corrected chi connectivity index (χ0v) is 15.1. The molecule has 134 valence electrons. The van der Waals surface area contributed by atoms with Gasteiger partial charge < -0.3 is 14.6 Å². The lowest BCUT2D eigenvalue weighted by Crippen LogP contribution is -2.18. The molecule has 0 fully saturated rings. The number of phenols is 1. The van der Waals surface area contributed by atoms with E-state index in [9.17, 15) is 9.90 Å². The first-order chi connectivity index (χ1) is 12.0. The van der Waals surface area contributed by atoms with Crippen LogP contribution in [0.5, 0.6) is 11.5 Å². The van der Waals surface area contributed by atoms with Crippen LogP contribution in [0, 0.1) is 5.92 Å². The van der Waals surface area contributed by atoms with E-state index >= 15 is 0 Å². The summed E-state index contributed by atoms with van der Waals surface area (Å²) < 4.78 is 11.0. The number of carbonyl (C=O) groups is 1. The molecule has 4 heteroatoms. The van der Waals surface area contributed by atoms with Crippen LogP contribution < -0.4 is 4.74 Å². The third kappa shape index (κ3) is 5.82. The molecule has 25 heavy (non-hydrogen) atoms. The van der Waals surface area contributed by atoms with Gasteiger partial charge in [-0.1, -0.05) is 44.2 Å². The molecule has 1 N–H and O–H groups in total. The second-order valence-electron chi connectivity index (χ2n) is 6.47. The summed E-state index contributed by atoms with van der Waals surface area (Å²) in [5.74, 6) is 0.267. The van der Waals surface area contributed by atoms with Crippen molar-refractivity contribution < 1.29 is 19.4 Å². The SMILES string of the molecule is CCOC(=O)C(CC(C)C)c1cc(O)cc(OCc2ccccc2)c1. The standard InChI is InChI=1S/C21H26O4/c1-4-24-21(23)20(10-15(2)3)17-11-18(22)13-19(12-17)25-14-16-8-6-5-7-9-16/h5-9,11-13,15,20,22H,4,10,14H2,1-3H3. The molecule has 1 atom stereocenters. The van der Waals surface area contributed by atoms with Crippen LogP contribution in [0.25, 0.3) is 0 Å². The topological polar surface area (TPSA) is 55.8 Å². The van der Waals surface area contributed by atoms with E-state index in [-0.39, 0.29) is 11.7 Å². The molecule has 2 rings (SSSR count). The summed E-state index contributed by atoms with van der Waals surface area (Å²) >= 11 is 0. The molecule has 0 aliphatic carbocycles. The third-order valence-electron chi connectivity index (χ3n) is 3.84. The van der Waals surface area contributed by atoms with Gasteiger partial charge in [0.1, 0.15) is 18.1 Å². The molecule has 1 unspecified atom stereocenters. The van der Waals surface area contributed by atoms with Gasteiger partial charge in [-0.2, -0.15) is 0 Å². The number of phenolic OH excluding ortho intramolecular Hbond substituents is 1. The van der Waals surface area contributed by atoms with Crippen LogP contribution >= 0.6 is 0 Å². The summed E-state index contributed by atoms with van der Waals surface area (Å²) in [6.45, 7) is 6.65. The Morgan fingerprint density at radius 1 is 1.12 bits per heavy atom. The number of ether oxygens (including phenoxy) is 2. The molecule has 0 spiro atoms. The minimum atomic E-state index is -0.411. The Bertz CT molecular complexity index is 680. The third-order valence-corrected chi connectivity index (χ3v) is 3.84. The van der Waals surface area contributed by atoms with E-state index in [1.165, 1.54) is 0 Å². The molecule has 0 bridgehead atoms. The highest BCUT2D eigenvalue weighted by molar-refractivity contribution is 5.78. The van der Waals surface area contributed by atoms with E-state index in [0.717, 1.165) is 11.1 Å². The number of hydrogen-bond acceptors (Lipinski definition) is 4. The van der Waals surface area contributed by atoms with Crippen molar-refractivity contribution in [3.63, 3.8) is 0 Å². The lowest BCUT2D eigenvalue weighted by Gasteiger charge is -2.19. The largest absolute Gasteiger partial charge is 0.508 e. The number of aromatic hydroxyl groups is 1. The molecule has 0 saturated carbocycles. The van der Waals surface area contributed by atoms with Crippen LogP contribution in [0.1, 0.15) is 44.2 Å². The summed E-state index contributed by atoms with van der Waals surface area (Å²) in [4.78, 5) is 12.3. The number of hydrogen-bond donors (Lipinski definition) is 1. The van der Waals surface area contributed by atoms with Gasteiger partial charge in [0.2, 0.25) is 0 Å². The highest BCUT2D eigenvalue weighted by Gasteiger charge is 2.24. The Balaban J connectivity index is 2.20. The van der Waals surface area contributed by atoms with E-state index < -0.39 is 5.92 Å². The molecule has 0 heterocycles. The maximum Gasteiger partial charge on any atom is 0.313 e. The summed E-state index contributed by atoms with van der Waals surface area (Å²) in [5, 5.41) is 10.1. The molecule has 0 aliphatic heterocycles. The van der Waals surface area contributed by atoms with Crippen molar-refractivity contribution in [2.75, 3.05) is 6.61 Å². The molecule has 0 amide bonds. The van der Waals surface area contributed by atoms with Gasteiger partial charge in [0.25, 0.3) is 0 Å². The predicted octanol–water partition coefficient (Wildman–Crippen LogP) is 4.66. The number of benzene rings is 2. The van der Waals surface area contributed by atoms with Gasteiger partial charge in [-0.3, -0.25) is 4.79 Å². The van der Waals surface area contributed by atoms with Gasteiger partial charge in [0.05, 0.1) is 12.5 Å². The number of esters is 1. The molecule has 0 aliphatic rings. The zero-order chi connectivity index (χ0) is 18.2. The minimum Gasteiger partial charge on any atom is -0.508 e. The second-order valence-corrected chi connectivity index (χ2v) is 6.47. The van der Waals surface area contributed by atoms with Crippen LogP contribution in [0.2, 0.25) is 0 Å². The second kappa shape index (κ2) is 9.11. The monoisotopic (exact) mass is 342 g/mol. The van der Waals surface area contributed by atoms with Gasteiger partial charge >= 0.3 is 5.97 Å². The lowest BCUT2D eigenvalue weighted by molar-refractivity contribution is -0.145. The van der Waals surface area contributed by atoms with Crippen molar-refractivity contribution in [2.24, 2.45) is 5.92 Å². The van der Waals surface area contributed by atoms with Crippen molar-refractivity contribution in [1.29, 1.82) is 0 Å². The molecule has 2 aromatic rings. The smallest absolute Gasteiger partial charge is 0.313 e. The maximum absolute atomic E-state index is 12.3.